The third-order valence-electron chi connectivity index (χ3n) is 8.32. The predicted molar refractivity (Wildman–Crippen MR) is 154 cm³/mol. The molecule has 0 radical (unpaired) electrons. The molecule has 7 atom stereocenters. The number of ether oxygens (including phenoxy) is 5. The molecule has 0 saturated carbocycles. The number of rotatable bonds is 4. The van der Waals surface area contributed by atoms with Gasteiger partial charge in [0.2, 0.25) is 5.91 Å². The van der Waals surface area contributed by atoms with E-state index in [-0.39, 0.29) is 30.8 Å². The summed E-state index contributed by atoms with van der Waals surface area (Å²) in [4.78, 5) is 27.7. The average Bonchev–Trinajstić information content (AvgIpc) is 3.62. The highest BCUT2D eigenvalue weighted by molar-refractivity contribution is 6.35. The van der Waals surface area contributed by atoms with Crippen molar-refractivity contribution in [3.05, 3.63) is 46.5 Å². The maximum atomic E-state index is 13.6. The molecule has 2 N–H and O–H groups in total. The zero-order valence-electron chi connectivity index (χ0n) is 24.7. The number of nitrogens with one attached hydrogen (secondary N) is 1. The van der Waals surface area contributed by atoms with Crippen LogP contribution >= 0.6 is 11.6 Å². The second-order valence-electron chi connectivity index (χ2n) is 11.2. The molecule has 0 aromatic heterocycles. The van der Waals surface area contributed by atoms with E-state index in [1.807, 2.05) is 45.9 Å². The first-order valence-electron chi connectivity index (χ1n) is 13.9. The summed E-state index contributed by atoms with van der Waals surface area (Å²) in [5.74, 6) is -0.0497. The van der Waals surface area contributed by atoms with Gasteiger partial charge in [-0.25, -0.2) is 4.79 Å². The van der Waals surface area contributed by atoms with Crippen molar-refractivity contribution in [3.63, 3.8) is 0 Å². The molecule has 3 heterocycles. The summed E-state index contributed by atoms with van der Waals surface area (Å²) in [5.41, 5.74) is -0.0894. The van der Waals surface area contributed by atoms with Gasteiger partial charge in [-0.2, -0.15) is 0 Å². The van der Waals surface area contributed by atoms with Gasteiger partial charge in [-0.3, -0.25) is 10.1 Å². The lowest BCUT2D eigenvalue weighted by Crippen LogP contribution is -2.63. The van der Waals surface area contributed by atoms with Crippen LogP contribution in [0.4, 0.5) is 10.5 Å². The molecule has 2 saturated heterocycles. The van der Waals surface area contributed by atoms with E-state index in [0.717, 1.165) is 11.1 Å². The molecule has 2 fully saturated rings. The quantitative estimate of drug-likeness (QED) is 0.500. The van der Waals surface area contributed by atoms with E-state index in [1.165, 1.54) is 19.1 Å². The third-order valence-corrected chi connectivity index (χ3v) is 8.70. The van der Waals surface area contributed by atoms with Crippen LogP contribution in [0.15, 0.2) is 35.9 Å². The van der Waals surface area contributed by atoms with Crippen LogP contribution in [-0.2, 0) is 30.2 Å². The van der Waals surface area contributed by atoms with E-state index in [4.69, 9.17) is 35.3 Å². The molecule has 1 aromatic carbocycles. The van der Waals surface area contributed by atoms with E-state index in [2.05, 4.69) is 5.32 Å². The summed E-state index contributed by atoms with van der Waals surface area (Å²) in [5, 5.41) is 14.4. The Bertz CT molecular complexity index is 1220. The zero-order valence-corrected chi connectivity index (χ0v) is 25.5. The van der Waals surface area contributed by atoms with Crippen molar-refractivity contribution in [1.29, 1.82) is 0 Å². The summed E-state index contributed by atoms with van der Waals surface area (Å²) >= 11 is 6.67. The van der Waals surface area contributed by atoms with E-state index in [0.29, 0.717) is 29.5 Å². The minimum Gasteiger partial charge on any atom is -0.495 e. The van der Waals surface area contributed by atoms with E-state index in [9.17, 15) is 14.7 Å². The molecule has 4 bridgehead atoms. The van der Waals surface area contributed by atoms with Gasteiger partial charge in [-0.15, -0.1) is 0 Å². The Morgan fingerprint density at radius 2 is 2.00 bits per heavy atom. The molecule has 3 aliphatic rings. The molecule has 4 rings (SSSR count). The Morgan fingerprint density at radius 3 is 2.66 bits per heavy atom. The number of nitrogens with zero attached hydrogens (tertiary/aromatic N) is 1. The lowest BCUT2D eigenvalue weighted by molar-refractivity contribution is -0.142. The van der Waals surface area contributed by atoms with Gasteiger partial charge in [0.15, 0.2) is 5.72 Å². The number of benzene rings is 1. The van der Waals surface area contributed by atoms with Crippen molar-refractivity contribution in [2.24, 2.45) is 5.92 Å². The second-order valence-corrected chi connectivity index (χ2v) is 11.6. The molecule has 41 heavy (non-hydrogen) atoms. The molecule has 10 nitrogen and oxygen atoms in total. The standard InChI is InChI=1S/C30H41ClN2O8/c1-8-39-24-15-25(34)33(5)20-13-19(14-21(37-6)26(20)31)12-17(2)10-9-11-23(38-7)30(36)16-22(40-28(35)32-30)18(3)27-29(24,4)41-27/h9-11,13-14,18,22-24,27,36H,8,12,15-16H2,1-7H3,(H,32,35)/b11-9+,17-10+/t18-,22?,23-,24+,27?,29?,30+/m1/s1. The number of hydrogen-bond acceptors (Lipinski definition) is 8. The van der Waals surface area contributed by atoms with Crippen LogP contribution in [0.5, 0.6) is 5.75 Å². The number of anilines is 1. The highest BCUT2D eigenvalue weighted by Crippen LogP contribution is 2.49. The fourth-order valence-corrected chi connectivity index (χ4v) is 6.19. The lowest BCUT2D eigenvalue weighted by Gasteiger charge is -2.42. The normalized spacial score (nSPS) is 36.4. The number of hydrogen-bond donors (Lipinski definition) is 2. The molecule has 0 aliphatic carbocycles. The summed E-state index contributed by atoms with van der Waals surface area (Å²) in [6.45, 7) is 8.00. The van der Waals surface area contributed by atoms with Crippen LogP contribution in [0.2, 0.25) is 5.02 Å². The third kappa shape index (κ3) is 6.41. The summed E-state index contributed by atoms with van der Waals surface area (Å²) < 4.78 is 29.0. The fourth-order valence-electron chi connectivity index (χ4n) is 5.87. The summed E-state index contributed by atoms with van der Waals surface area (Å²) in [6, 6.07) is 3.73. The molecule has 226 valence electrons. The van der Waals surface area contributed by atoms with Crippen LogP contribution < -0.4 is 15.0 Å². The Kier molecular flexibility index (Phi) is 9.40. The van der Waals surface area contributed by atoms with Gasteiger partial charge in [-0.05, 0) is 44.9 Å². The van der Waals surface area contributed by atoms with Crippen LogP contribution in [0.1, 0.15) is 46.1 Å². The molecule has 1 aromatic rings. The first kappa shape index (κ1) is 31.3. The van der Waals surface area contributed by atoms with E-state index < -0.39 is 35.7 Å². The van der Waals surface area contributed by atoms with Crippen molar-refractivity contribution in [2.75, 3.05) is 32.8 Å². The first-order chi connectivity index (χ1) is 19.4. The molecule has 3 aliphatic heterocycles. The SMILES string of the molecule is CCO[C@H]1CC(=O)N(C)c2cc(cc(OC)c2Cl)C/C(C)=C/C=C/[C@@H](OC)[C@@]2(O)CC(OC(=O)N2)[C@@H](C)C2OC21C. The van der Waals surface area contributed by atoms with Gasteiger partial charge in [0.1, 0.15) is 28.6 Å². The molecule has 3 unspecified atom stereocenters. The number of fused-ring (bicyclic) bond motifs is 5. The summed E-state index contributed by atoms with van der Waals surface area (Å²) in [7, 11) is 4.69. The summed E-state index contributed by atoms with van der Waals surface area (Å²) in [6.07, 6.45) is 2.85. The van der Waals surface area contributed by atoms with Gasteiger partial charge in [0.25, 0.3) is 0 Å². The van der Waals surface area contributed by atoms with Gasteiger partial charge in [-0.1, -0.05) is 42.3 Å². The molecule has 11 heteroatoms. The number of carbonyl (C=O) groups is 2. The number of carbonyl (C=O) groups excluding carboxylic acids is 2. The number of methoxy groups -OCH3 is 2. The minimum absolute atomic E-state index is 0.0392. The van der Waals surface area contributed by atoms with Gasteiger partial charge >= 0.3 is 6.09 Å². The molecular formula is C30H41ClN2O8. The number of aliphatic hydroxyl groups is 1. The van der Waals surface area contributed by atoms with E-state index in [1.54, 1.807) is 19.2 Å². The zero-order chi connectivity index (χ0) is 30.1. The minimum atomic E-state index is -1.70. The number of amides is 2. The number of allylic oxidation sites excluding steroid dienone is 3. The first-order valence-corrected chi connectivity index (χ1v) is 14.2. The Hall–Kier alpha value is -2.63. The van der Waals surface area contributed by atoms with Crippen LogP contribution in [0, 0.1) is 5.92 Å². The maximum absolute atomic E-state index is 13.6. The number of halogens is 1. The van der Waals surface area contributed by atoms with Gasteiger partial charge in [0, 0.05) is 33.1 Å². The highest BCUT2D eigenvalue weighted by Gasteiger charge is 2.63. The average molecular weight is 593 g/mol. The smallest absolute Gasteiger partial charge is 0.409 e. The van der Waals surface area contributed by atoms with Crippen molar-refractivity contribution in [1.82, 2.24) is 5.32 Å². The van der Waals surface area contributed by atoms with Crippen molar-refractivity contribution < 1.29 is 38.4 Å². The largest absolute Gasteiger partial charge is 0.495 e. The predicted octanol–water partition coefficient (Wildman–Crippen LogP) is 4.16. The molecule has 0 spiro atoms. The Labute approximate surface area is 246 Å². The fraction of sp³-hybridized carbons (Fsp3) is 0.600. The number of epoxide rings is 1. The second kappa shape index (κ2) is 12.3. The Balaban J connectivity index is 1.77. The number of alkyl carbamates (subject to hydrolysis) is 1. The van der Waals surface area contributed by atoms with E-state index >= 15 is 0 Å². The van der Waals surface area contributed by atoms with Gasteiger partial charge < -0.3 is 33.7 Å². The van der Waals surface area contributed by atoms with Crippen LogP contribution in [0.3, 0.4) is 0 Å². The highest BCUT2D eigenvalue weighted by atomic mass is 35.5. The topological polar surface area (TPSA) is 119 Å². The van der Waals surface area contributed by atoms with Crippen LogP contribution in [-0.4, -0.2) is 80.7 Å². The van der Waals surface area contributed by atoms with Crippen molar-refractivity contribution in [2.45, 2.75) is 82.7 Å². The van der Waals surface area contributed by atoms with Crippen molar-refractivity contribution in [3.8, 4) is 5.75 Å². The Morgan fingerprint density at radius 1 is 1.27 bits per heavy atom. The monoisotopic (exact) mass is 592 g/mol. The van der Waals surface area contributed by atoms with Crippen molar-refractivity contribution >= 4 is 29.3 Å². The molecular weight excluding hydrogens is 552 g/mol. The van der Waals surface area contributed by atoms with Crippen LogP contribution in [0.25, 0.3) is 0 Å². The molecule has 2 amide bonds. The van der Waals surface area contributed by atoms with Gasteiger partial charge in [0.05, 0.1) is 31.4 Å². The lowest BCUT2D eigenvalue weighted by atomic mass is 9.83. The maximum Gasteiger partial charge on any atom is 0.409 e.